The number of aliphatic hydroxyl groups excluding tert-OH is 1. The molecule has 0 fully saturated rings. The highest BCUT2D eigenvalue weighted by molar-refractivity contribution is 5.94. The van der Waals surface area contributed by atoms with E-state index in [9.17, 15) is 24.3 Å². The van der Waals surface area contributed by atoms with E-state index in [-0.39, 0.29) is 31.0 Å². The first-order valence-electron chi connectivity index (χ1n) is 17.2. The van der Waals surface area contributed by atoms with Gasteiger partial charge >= 0.3 is 6.09 Å². The van der Waals surface area contributed by atoms with E-state index in [1.54, 1.807) is 0 Å². The van der Waals surface area contributed by atoms with Crippen LogP contribution in [0, 0.1) is 11.8 Å². The second-order valence-electron chi connectivity index (χ2n) is 13.3. The van der Waals surface area contributed by atoms with Crippen LogP contribution in [0.1, 0.15) is 70.1 Å². The topological polar surface area (TPSA) is 146 Å². The Morgan fingerprint density at radius 3 is 1.90 bits per heavy atom. The fraction of sp³-hybridized carbons (Fsp3) is 0.436. The summed E-state index contributed by atoms with van der Waals surface area (Å²) in [6.45, 7) is 9.02. The van der Waals surface area contributed by atoms with Gasteiger partial charge < -0.3 is 31.1 Å². The van der Waals surface area contributed by atoms with E-state index in [2.05, 4.69) is 33.4 Å². The van der Waals surface area contributed by atoms with Crippen molar-refractivity contribution in [3.63, 3.8) is 0 Å². The molecule has 4 amide bonds. The number of carbonyl (C=O) groups excluding carboxylic acids is 4. The van der Waals surface area contributed by atoms with Crippen molar-refractivity contribution in [3.8, 4) is 11.1 Å². The number of hydrogen-bond donors (Lipinski definition) is 5. The fourth-order valence-corrected chi connectivity index (χ4v) is 6.19. The Labute approximate surface area is 289 Å². The predicted molar refractivity (Wildman–Crippen MR) is 190 cm³/mol. The highest BCUT2D eigenvalue weighted by Crippen LogP contribution is 2.44. The summed E-state index contributed by atoms with van der Waals surface area (Å²) in [6.07, 6.45) is 0.627. The SMILES string of the molecule is CCC(C)[C@@H](NC(=O)[C@@H](CC(C)C)NC(=O)[C@@H](C)NC(=O)OCC1c2ccccc2-c2ccccc21)C(=O)N[C@@H](CO)Cc1ccccc1. The molecule has 1 unspecified atom stereocenters. The van der Waals surface area contributed by atoms with Crippen molar-refractivity contribution in [2.75, 3.05) is 13.2 Å². The molecule has 1 aliphatic rings. The van der Waals surface area contributed by atoms with Gasteiger partial charge in [-0.05, 0) is 59.4 Å². The maximum atomic E-state index is 13.6. The summed E-state index contributed by atoms with van der Waals surface area (Å²) in [5.41, 5.74) is 5.35. The van der Waals surface area contributed by atoms with Crippen LogP contribution in [0.2, 0.25) is 0 Å². The lowest BCUT2D eigenvalue weighted by Gasteiger charge is -2.29. The molecule has 5 atom stereocenters. The Kier molecular flexibility index (Phi) is 13.4. The van der Waals surface area contributed by atoms with Gasteiger partial charge in [-0.2, -0.15) is 0 Å². The van der Waals surface area contributed by atoms with Crippen molar-refractivity contribution in [2.24, 2.45) is 11.8 Å². The van der Waals surface area contributed by atoms with Crippen LogP contribution in [0.4, 0.5) is 4.79 Å². The average molecular weight is 671 g/mol. The summed E-state index contributed by atoms with van der Waals surface area (Å²) in [7, 11) is 0. The molecule has 262 valence electrons. The van der Waals surface area contributed by atoms with Crippen molar-refractivity contribution in [2.45, 2.75) is 84.0 Å². The number of fused-ring (bicyclic) bond motifs is 3. The number of rotatable bonds is 16. The summed E-state index contributed by atoms with van der Waals surface area (Å²) in [5, 5.41) is 21.1. The Hall–Kier alpha value is -4.70. The van der Waals surface area contributed by atoms with E-state index in [4.69, 9.17) is 4.74 Å². The maximum Gasteiger partial charge on any atom is 0.407 e. The Morgan fingerprint density at radius 1 is 0.735 bits per heavy atom. The number of carbonyl (C=O) groups is 4. The largest absolute Gasteiger partial charge is 0.449 e. The third kappa shape index (κ3) is 9.92. The van der Waals surface area contributed by atoms with Gasteiger partial charge in [-0.25, -0.2) is 4.79 Å². The first kappa shape index (κ1) is 37.1. The molecule has 3 aromatic carbocycles. The van der Waals surface area contributed by atoms with Gasteiger partial charge in [-0.1, -0.05) is 113 Å². The molecule has 4 rings (SSSR count). The summed E-state index contributed by atoms with van der Waals surface area (Å²) >= 11 is 0. The van der Waals surface area contributed by atoms with Gasteiger partial charge in [-0.15, -0.1) is 0 Å². The van der Waals surface area contributed by atoms with E-state index >= 15 is 0 Å². The first-order chi connectivity index (χ1) is 23.5. The molecule has 0 heterocycles. The minimum Gasteiger partial charge on any atom is -0.449 e. The normalized spacial score (nSPS) is 15.2. The molecule has 0 saturated heterocycles. The van der Waals surface area contributed by atoms with Crippen LogP contribution >= 0.6 is 0 Å². The highest BCUT2D eigenvalue weighted by atomic mass is 16.5. The lowest BCUT2D eigenvalue weighted by molar-refractivity contribution is -0.134. The number of alkyl carbamates (subject to hydrolysis) is 1. The molecule has 5 N–H and O–H groups in total. The quantitative estimate of drug-likeness (QED) is 0.150. The van der Waals surface area contributed by atoms with Gasteiger partial charge in [0.1, 0.15) is 24.7 Å². The molecule has 49 heavy (non-hydrogen) atoms. The summed E-state index contributed by atoms with van der Waals surface area (Å²) in [4.78, 5) is 53.2. The van der Waals surface area contributed by atoms with Crippen LogP contribution in [-0.4, -0.2) is 66.3 Å². The zero-order valence-corrected chi connectivity index (χ0v) is 29.1. The number of ether oxygens (including phenoxy) is 1. The molecular weight excluding hydrogens is 620 g/mol. The summed E-state index contributed by atoms with van der Waals surface area (Å²) in [6, 6.07) is 22.2. The molecule has 10 nitrogen and oxygen atoms in total. The summed E-state index contributed by atoms with van der Waals surface area (Å²) in [5.74, 6) is -1.76. The minimum absolute atomic E-state index is 0.0435. The lowest BCUT2D eigenvalue weighted by Crippen LogP contribution is -2.59. The Bertz CT molecular complexity index is 1530. The van der Waals surface area contributed by atoms with Gasteiger partial charge in [0.05, 0.1) is 12.6 Å². The first-order valence-corrected chi connectivity index (χ1v) is 17.2. The van der Waals surface area contributed by atoms with Crippen LogP contribution in [0.25, 0.3) is 11.1 Å². The molecule has 3 aromatic rings. The van der Waals surface area contributed by atoms with Gasteiger partial charge in [0, 0.05) is 5.92 Å². The Balaban J connectivity index is 1.35. The van der Waals surface area contributed by atoms with Crippen molar-refractivity contribution in [3.05, 3.63) is 95.6 Å². The molecule has 0 saturated carbocycles. The van der Waals surface area contributed by atoms with Crippen LogP contribution < -0.4 is 21.3 Å². The van der Waals surface area contributed by atoms with Crippen LogP contribution in [-0.2, 0) is 25.5 Å². The van der Waals surface area contributed by atoms with E-state index in [0.29, 0.717) is 19.3 Å². The number of hydrogen-bond acceptors (Lipinski definition) is 6. The van der Waals surface area contributed by atoms with Crippen LogP contribution in [0.15, 0.2) is 78.9 Å². The second kappa shape index (κ2) is 17.6. The van der Waals surface area contributed by atoms with Gasteiger partial charge in [-0.3, -0.25) is 14.4 Å². The van der Waals surface area contributed by atoms with Crippen LogP contribution in [0.3, 0.4) is 0 Å². The number of benzene rings is 3. The van der Waals surface area contributed by atoms with E-state index in [0.717, 1.165) is 27.8 Å². The van der Waals surface area contributed by atoms with E-state index in [1.807, 2.05) is 94.4 Å². The van der Waals surface area contributed by atoms with Gasteiger partial charge in [0.25, 0.3) is 0 Å². The minimum atomic E-state index is -0.991. The molecule has 0 bridgehead atoms. The zero-order chi connectivity index (χ0) is 35.5. The van der Waals surface area contributed by atoms with Gasteiger partial charge in [0.2, 0.25) is 17.7 Å². The molecule has 0 aromatic heterocycles. The van der Waals surface area contributed by atoms with Gasteiger partial charge in [0.15, 0.2) is 0 Å². The number of amides is 4. The fourth-order valence-electron chi connectivity index (χ4n) is 6.19. The maximum absolute atomic E-state index is 13.6. The predicted octanol–water partition coefficient (Wildman–Crippen LogP) is 4.70. The van der Waals surface area contributed by atoms with Crippen molar-refractivity contribution in [1.82, 2.24) is 21.3 Å². The third-order valence-corrected chi connectivity index (χ3v) is 9.10. The molecule has 0 radical (unpaired) electrons. The zero-order valence-electron chi connectivity index (χ0n) is 29.1. The van der Waals surface area contributed by atoms with E-state index in [1.165, 1.54) is 6.92 Å². The van der Waals surface area contributed by atoms with Crippen molar-refractivity contribution in [1.29, 1.82) is 0 Å². The highest BCUT2D eigenvalue weighted by Gasteiger charge is 2.33. The third-order valence-electron chi connectivity index (χ3n) is 9.10. The molecule has 1 aliphatic carbocycles. The smallest absolute Gasteiger partial charge is 0.407 e. The number of aliphatic hydroxyl groups is 1. The summed E-state index contributed by atoms with van der Waals surface area (Å²) < 4.78 is 5.60. The number of nitrogens with one attached hydrogen (secondary N) is 4. The lowest BCUT2D eigenvalue weighted by atomic mass is 9.96. The van der Waals surface area contributed by atoms with Crippen molar-refractivity contribution >= 4 is 23.8 Å². The molecule has 0 aliphatic heterocycles. The van der Waals surface area contributed by atoms with Crippen molar-refractivity contribution < 1.29 is 29.0 Å². The average Bonchev–Trinajstić information content (AvgIpc) is 3.42. The van der Waals surface area contributed by atoms with E-state index < -0.39 is 48.0 Å². The second-order valence-corrected chi connectivity index (χ2v) is 13.3. The standard InChI is InChI=1S/C39H50N4O6/c1-6-25(4)35(38(47)41-28(22-44)21-27-14-8-7-9-15-27)43-37(46)34(20-24(2)3)42-36(45)26(5)40-39(48)49-23-33-31-18-12-10-16-29(31)30-17-11-13-19-32(30)33/h7-19,24-26,28,33-35,44H,6,20-23H2,1-5H3,(H,40,48)(H,41,47)(H,42,45)(H,43,46)/t25?,26-,28-,34-,35-/m1/s1. The molecular formula is C39H50N4O6. The molecule has 0 spiro atoms. The monoisotopic (exact) mass is 670 g/mol. The molecule has 10 heteroatoms. The Morgan fingerprint density at radius 2 is 1.33 bits per heavy atom. The van der Waals surface area contributed by atoms with Crippen LogP contribution in [0.5, 0.6) is 0 Å².